The number of nitrogens with one attached hydrogen (secondary N) is 2. The number of aromatic nitrogens is 3. The Hall–Kier alpha value is -3.52. The van der Waals surface area contributed by atoms with Gasteiger partial charge in [-0.2, -0.15) is 0 Å². The smallest absolute Gasteiger partial charge is 0.308 e. The molecule has 1 heterocycles. The Morgan fingerprint density at radius 2 is 1.73 bits per heavy atom. The zero-order chi connectivity index (χ0) is 21.5. The molecule has 8 nitrogen and oxygen atoms in total. The third-order valence-electron chi connectivity index (χ3n) is 4.82. The van der Waals surface area contributed by atoms with Crippen molar-refractivity contribution in [3.05, 3.63) is 71.8 Å². The summed E-state index contributed by atoms with van der Waals surface area (Å²) >= 11 is 0. The molecular formula is C22H24N4O4. The molecule has 1 aromatic heterocycles. The van der Waals surface area contributed by atoms with E-state index < -0.39 is 30.4 Å². The summed E-state index contributed by atoms with van der Waals surface area (Å²) in [5, 5.41) is 28.0. The maximum Gasteiger partial charge on any atom is 0.308 e. The van der Waals surface area contributed by atoms with Crippen LogP contribution in [0.5, 0.6) is 0 Å². The molecule has 0 radical (unpaired) electrons. The van der Waals surface area contributed by atoms with Gasteiger partial charge in [-0.3, -0.25) is 14.7 Å². The molecule has 0 aliphatic rings. The molecule has 0 saturated carbocycles. The van der Waals surface area contributed by atoms with Gasteiger partial charge in [0.1, 0.15) is 5.82 Å². The molecule has 156 valence electrons. The first kappa shape index (κ1) is 21.2. The number of aliphatic hydroxyl groups is 1. The topological polar surface area (TPSA) is 128 Å². The third-order valence-corrected chi connectivity index (χ3v) is 4.82. The summed E-state index contributed by atoms with van der Waals surface area (Å²) in [5.41, 5.74) is 3.10. The molecule has 8 heteroatoms. The van der Waals surface area contributed by atoms with Gasteiger partial charge in [-0.05, 0) is 36.5 Å². The maximum absolute atomic E-state index is 12.5. The Morgan fingerprint density at radius 3 is 2.30 bits per heavy atom. The van der Waals surface area contributed by atoms with Crippen molar-refractivity contribution in [3.63, 3.8) is 0 Å². The quantitative estimate of drug-likeness (QED) is 0.430. The number of aliphatic hydroxyl groups excluding tert-OH is 1. The van der Waals surface area contributed by atoms with Crippen molar-refractivity contribution in [1.29, 1.82) is 0 Å². The first-order chi connectivity index (χ1) is 14.5. The van der Waals surface area contributed by atoms with Crippen molar-refractivity contribution in [3.8, 4) is 11.1 Å². The zero-order valence-electron chi connectivity index (χ0n) is 16.6. The molecule has 0 fully saturated rings. The second kappa shape index (κ2) is 9.80. The number of rotatable bonds is 9. The molecule has 0 bridgehead atoms. The summed E-state index contributed by atoms with van der Waals surface area (Å²) in [6.07, 6.45) is 0.495. The van der Waals surface area contributed by atoms with Gasteiger partial charge < -0.3 is 15.5 Å². The largest absolute Gasteiger partial charge is 0.481 e. The predicted octanol–water partition coefficient (Wildman–Crippen LogP) is 2.20. The van der Waals surface area contributed by atoms with Gasteiger partial charge in [0, 0.05) is 6.04 Å². The number of amides is 1. The van der Waals surface area contributed by atoms with Gasteiger partial charge in [0.15, 0.2) is 0 Å². The minimum absolute atomic E-state index is 0.00667. The fourth-order valence-corrected chi connectivity index (χ4v) is 3.23. The minimum Gasteiger partial charge on any atom is -0.481 e. The fourth-order valence-electron chi connectivity index (χ4n) is 3.23. The minimum atomic E-state index is -1.11. The molecule has 0 aliphatic heterocycles. The van der Waals surface area contributed by atoms with E-state index in [1.165, 1.54) is 0 Å². The molecule has 3 rings (SSSR count). The molecule has 0 saturated heterocycles. The molecule has 0 unspecified atom stereocenters. The number of aliphatic carboxylic acids is 1. The van der Waals surface area contributed by atoms with Crippen LogP contribution in [-0.4, -0.2) is 49.9 Å². The summed E-state index contributed by atoms with van der Waals surface area (Å²) in [4.78, 5) is 27.9. The third kappa shape index (κ3) is 5.51. The van der Waals surface area contributed by atoms with Crippen molar-refractivity contribution in [2.24, 2.45) is 5.92 Å². The number of nitrogens with zero attached hydrogens (tertiary/aromatic N) is 2. The van der Waals surface area contributed by atoms with E-state index in [0.29, 0.717) is 12.2 Å². The average Bonchev–Trinajstić information content (AvgIpc) is 3.19. The molecule has 2 aromatic carbocycles. The summed E-state index contributed by atoms with van der Waals surface area (Å²) < 4.78 is 0. The van der Waals surface area contributed by atoms with Gasteiger partial charge >= 0.3 is 5.97 Å². The summed E-state index contributed by atoms with van der Waals surface area (Å²) in [5.74, 6) is -2.08. The summed E-state index contributed by atoms with van der Waals surface area (Å²) in [6, 6.07) is 17.3. The lowest BCUT2D eigenvalue weighted by atomic mass is 9.94. The molecule has 30 heavy (non-hydrogen) atoms. The second-order valence-corrected chi connectivity index (χ2v) is 7.14. The highest BCUT2D eigenvalue weighted by Crippen LogP contribution is 2.20. The Balaban J connectivity index is 1.75. The monoisotopic (exact) mass is 408 g/mol. The number of carboxylic acids is 1. The van der Waals surface area contributed by atoms with Crippen LogP contribution in [0.1, 0.15) is 28.4 Å². The Morgan fingerprint density at radius 1 is 1.07 bits per heavy atom. The molecule has 0 spiro atoms. The molecule has 4 N–H and O–H groups in total. The SMILES string of the molecule is Cc1nc(C(=O)N[C@H](Cc2ccc(-c3ccccc3)cc2)C[C@@H](CO)C(=O)O)n[nH]1. The van der Waals surface area contributed by atoms with Crippen molar-refractivity contribution >= 4 is 11.9 Å². The lowest BCUT2D eigenvalue weighted by Crippen LogP contribution is -2.40. The number of hydrogen-bond acceptors (Lipinski definition) is 5. The van der Waals surface area contributed by atoms with Crippen molar-refractivity contribution in [2.45, 2.75) is 25.8 Å². The van der Waals surface area contributed by atoms with E-state index in [-0.39, 0.29) is 12.2 Å². The average molecular weight is 408 g/mol. The number of carbonyl (C=O) groups is 2. The van der Waals surface area contributed by atoms with Crippen LogP contribution in [0.3, 0.4) is 0 Å². The Labute approximate surface area is 174 Å². The van der Waals surface area contributed by atoms with Crippen molar-refractivity contribution in [2.75, 3.05) is 6.61 Å². The van der Waals surface area contributed by atoms with Crippen LogP contribution in [0.2, 0.25) is 0 Å². The first-order valence-corrected chi connectivity index (χ1v) is 9.64. The van der Waals surface area contributed by atoms with Gasteiger partial charge in [-0.25, -0.2) is 4.98 Å². The highest BCUT2D eigenvalue weighted by atomic mass is 16.4. The van der Waals surface area contributed by atoms with Gasteiger partial charge in [-0.1, -0.05) is 54.6 Å². The van der Waals surface area contributed by atoms with Crippen LogP contribution in [0.25, 0.3) is 11.1 Å². The first-order valence-electron chi connectivity index (χ1n) is 9.64. The van der Waals surface area contributed by atoms with E-state index in [1.807, 2.05) is 54.6 Å². The normalized spacial score (nSPS) is 12.9. The molecule has 2 atom stereocenters. The zero-order valence-corrected chi connectivity index (χ0v) is 16.6. The van der Waals surface area contributed by atoms with Crippen LogP contribution in [0, 0.1) is 12.8 Å². The maximum atomic E-state index is 12.5. The van der Waals surface area contributed by atoms with E-state index in [2.05, 4.69) is 20.5 Å². The number of aryl methyl sites for hydroxylation is 1. The highest BCUT2D eigenvalue weighted by Gasteiger charge is 2.25. The number of H-pyrrole nitrogens is 1. The van der Waals surface area contributed by atoms with E-state index in [9.17, 15) is 19.8 Å². The van der Waals surface area contributed by atoms with Gasteiger partial charge in [0.25, 0.3) is 5.91 Å². The molecule has 0 aliphatic carbocycles. The predicted molar refractivity (Wildman–Crippen MR) is 111 cm³/mol. The Kier molecular flexibility index (Phi) is 6.92. The van der Waals surface area contributed by atoms with Gasteiger partial charge in [0.2, 0.25) is 5.82 Å². The number of hydrogen-bond donors (Lipinski definition) is 4. The van der Waals surface area contributed by atoms with E-state index in [1.54, 1.807) is 6.92 Å². The van der Waals surface area contributed by atoms with E-state index >= 15 is 0 Å². The second-order valence-electron chi connectivity index (χ2n) is 7.14. The lowest BCUT2D eigenvalue weighted by molar-refractivity contribution is -0.143. The standard InChI is InChI=1S/C22H24N4O4/c1-14-23-20(26-25-14)21(28)24-19(12-18(13-27)22(29)30)11-15-7-9-17(10-8-15)16-5-3-2-4-6-16/h2-10,18-19,27H,11-13H2,1H3,(H,24,28)(H,29,30)(H,23,25,26)/t18-,19+/m0/s1. The molecule has 3 aromatic rings. The molecular weight excluding hydrogens is 384 g/mol. The van der Waals surface area contributed by atoms with Crippen LogP contribution < -0.4 is 5.32 Å². The van der Waals surface area contributed by atoms with Gasteiger partial charge in [0.05, 0.1) is 12.5 Å². The number of carboxylic acid groups (broad SMARTS) is 1. The number of aromatic amines is 1. The lowest BCUT2D eigenvalue weighted by Gasteiger charge is -2.21. The van der Waals surface area contributed by atoms with E-state index in [4.69, 9.17) is 0 Å². The molecule has 1 amide bonds. The van der Waals surface area contributed by atoms with E-state index in [0.717, 1.165) is 16.7 Å². The van der Waals surface area contributed by atoms with Gasteiger partial charge in [-0.15, -0.1) is 5.10 Å². The van der Waals surface area contributed by atoms with Crippen LogP contribution in [-0.2, 0) is 11.2 Å². The summed E-state index contributed by atoms with van der Waals surface area (Å²) in [6.45, 7) is 1.18. The number of carbonyl (C=O) groups excluding carboxylic acids is 1. The highest BCUT2D eigenvalue weighted by molar-refractivity contribution is 5.90. The fraction of sp³-hybridized carbons (Fsp3) is 0.273. The van der Waals surface area contributed by atoms with Crippen molar-refractivity contribution in [1.82, 2.24) is 20.5 Å². The summed E-state index contributed by atoms with van der Waals surface area (Å²) in [7, 11) is 0. The number of benzene rings is 2. The van der Waals surface area contributed by atoms with Crippen molar-refractivity contribution < 1.29 is 19.8 Å². The van der Waals surface area contributed by atoms with Crippen LogP contribution in [0.4, 0.5) is 0 Å². The van der Waals surface area contributed by atoms with Crippen LogP contribution >= 0.6 is 0 Å². The van der Waals surface area contributed by atoms with Crippen LogP contribution in [0.15, 0.2) is 54.6 Å². The Bertz CT molecular complexity index is 986.